The van der Waals surface area contributed by atoms with Gasteiger partial charge in [-0.05, 0) is 73.2 Å². The van der Waals surface area contributed by atoms with Crippen LogP contribution in [0.5, 0.6) is 0 Å². The van der Waals surface area contributed by atoms with Crippen LogP contribution in [0.2, 0.25) is 5.02 Å². The Bertz CT molecular complexity index is 1260. The molecule has 0 saturated carbocycles. The molecule has 0 aliphatic heterocycles. The van der Waals surface area contributed by atoms with E-state index >= 15 is 0 Å². The van der Waals surface area contributed by atoms with Crippen molar-refractivity contribution in [1.29, 1.82) is 0 Å². The highest BCUT2D eigenvalue weighted by Crippen LogP contribution is 2.38. The average molecular weight is 447 g/mol. The summed E-state index contributed by atoms with van der Waals surface area (Å²) in [4.78, 5) is 18.8. The molecule has 5 rings (SSSR count). The van der Waals surface area contributed by atoms with Crippen molar-refractivity contribution in [2.24, 2.45) is 0 Å². The van der Waals surface area contributed by atoms with Gasteiger partial charge in [-0.2, -0.15) is 0 Å². The number of aromatic amines is 1. The molecule has 0 radical (unpaired) electrons. The van der Waals surface area contributed by atoms with E-state index in [2.05, 4.69) is 59.7 Å². The lowest BCUT2D eigenvalue weighted by Gasteiger charge is -2.26. The molecule has 1 atom stereocenters. The van der Waals surface area contributed by atoms with Crippen molar-refractivity contribution < 1.29 is 4.79 Å². The van der Waals surface area contributed by atoms with E-state index in [1.807, 2.05) is 24.3 Å². The Balaban J connectivity index is 1.51. The van der Waals surface area contributed by atoms with E-state index in [-0.39, 0.29) is 11.9 Å². The summed E-state index contributed by atoms with van der Waals surface area (Å²) < 4.78 is 0. The predicted octanol–water partition coefficient (Wildman–Crippen LogP) is 7.09. The summed E-state index contributed by atoms with van der Waals surface area (Å²) in [6.07, 6.45) is 3.12. The molecule has 0 unspecified atom stereocenters. The van der Waals surface area contributed by atoms with Crippen LogP contribution in [-0.4, -0.2) is 10.9 Å². The number of benzene rings is 3. The second kappa shape index (κ2) is 8.45. The number of aromatic nitrogens is 1. The number of halogens is 1. The second-order valence-electron chi connectivity index (χ2n) is 8.05. The molecule has 4 aromatic rings. The van der Waals surface area contributed by atoms with E-state index in [0.717, 1.165) is 45.5 Å². The molecule has 1 amide bonds. The van der Waals surface area contributed by atoms with Gasteiger partial charge in [-0.15, -0.1) is 0 Å². The van der Waals surface area contributed by atoms with Crippen LogP contribution >= 0.6 is 23.4 Å². The Hall–Kier alpha value is -2.69. The number of amides is 1. The van der Waals surface area contributed by atoms with Crippen LogP contribution in [0.3, 0.4) is 0 Å². The van der Waals surface area contributed by atoms with Crippen molar-refractivity contribution >= 4 is 40.2 Å². The van der Waals surface area contributed by atoms with E-state index < -0.39 is 0 Å². The van der Waals surface area contributed by atoms with Gasteiger partial charge >= 0.3 is 0 Å². The van der Waals surface area contributed by atoms with Gasteiger partial charge in [-0.3, -0.25) is 4.79 Å². The van der Waals surface area contributed by atoms with Gasteiger partial charge in [0.2, 0.25) is 0 Å². The molecule has 1 aliphatic rings. The molecule has 0 spiro atoms. The molecule has 31 heavy (non-hydrogen) atoms. The zero-order valence-corrected chi connectivity index (χ0v) is 18.8. The fraction of sp³-hybridized carbons (Fsp3) is 0.192. The molecular formula is C26H23ClN2OS. The van der Waals surface area contributed by atoms with Gasteiger partial charge in [0, 0.05) is 20.8 Å². The molecule has 156 valence electrons. The van der Waals surface area contributed by atoms with E-state index in [4.69, 9.17) is 11.6 Å². The molecule has 1 heterocycles. The smallest absolute Gasteiger partial charge is 0.269 e. The molecule has 0 bridgehead atoms. The Kier molecular flexibility index (Phi) is 5.51. The fourth-order valence-corrected chi connectivity index (χ4v) is 5.47. The van der Waals surface area contributed by atoms with Gasteiger partial charge in [0.15, 0.2) is 0 Å². The maximum Gasteiger partial charge on any atom is 0.269 e. The first-order chi connectivity index (χ1) is 15.1. The Labute approximate surface area is 191 Å². The lowest BCUT2D eigenvalue weighted by atomic mass is 9.87. The number of H-pyrrole nitrogens is 1. The van der Waals surface area contributed by atoms with Gasteiger partial charge < -0.3 is 10.3 Å². The quantitative estimate of drug-likeness (QED) is 0.351. The van der Waals surface area contributed by atoms with Crippen LogP contribution in [0.1, 0.15) is 46.1 Å². The maximum atomic E-state index is 13.5. The van der Waals surface area contributed by atoms with Crippen LogP contribution in [0.4, 0.5) is 0 Å². The Morgan fingerprint density at radius 2 is 1.90 bits per heavy atom. The number of rotatable bonds is 4. The molecular weight excluding hydrogens is 424 g/mol. The first-order valence-electron chi connectivity index (χ1n) is 10.5. The highest BCUT2D eigenvalue weighted by atomic mass is 35.5. The summed E-state index contributed by atoms with van der Waals surface area (Å²) in [5.74, 6) is -0.0629. The second-order valence-corrected chi connectivity index (χ2v) is 9.57. The zero-order valence-electron chi connectivity index (χ0n) is 17.2. The topological polar surface area (TPSA) is 44.9 Å². The summed E-state index contributed by atoms with van der Waals surface area (Å²) in [6, 6.07) is 22.5. The molecule has 2 N–H and O–H groups in total. The third-order valence-corrected chi connectivity index (χ3v) is 7.23. The number of nitrogens with one attached hydrogen (secondary N) is 2. The SMILES string of the molecule is Cc1ccc2c(Sc3ccc(Cl)cc3)c(C(=O)N[C@H]3CCCc4ccccc43)[nH]c2c1. The van der Waals surface area contributed by atoms with Crippen LogP contribution in [0.15, 0.2) is 76.5 Å². The first kappa shape index (κ1) is 20.2. The average Bonchev–Trinajstić information content (AvgIpc) is 3.13. The molecule has 5 heteroatoms. The normalized spacial score (nSPS) is 15.6. The fourth-order valence-electron chi connectivity index (χ4n) is 4.31. The summed E-state index contributed by atoms with van der Waals surface area (Å²) in [6.45, 7) is 2.06. The van der Waals surface area contributed by atoms with Crippen molar-refractivity contribution in [3.8, 4) is 0 Å². The maximum absolute atomic E-state index is 13.5. The minimum Gasteiger partial charge on any atom is -0.350 e. The minimum atomic E-state index is -0.0629. The summed E-state index contributed by atoms with van der Waals surface area (Å²) in [5, 5.41) is 5.05. The third kappa shape index (κ3) is 4.10. The Morgan fingerprint density at radius 3 is 2.74 bits per heavy atom. The number of hydrogen-bond donors (Lipinski definition) is 2. The number of hydrogen-bond acceptors (Lipinski definition) is 2. The highest BCUT2D eigenvalue weighted by molar-refractivity contribution is 7.99. The third-order valence-electron chi connectivity index (χ3n) is 5.84. The van der Waals surface area contributed by atoms with Crippen molar-refractivity contribution in [3.05, 3.63) is 94.1 Å². The van der Waals surface area contributed by atoms with Crippen molar-refractivity contribution in [1.82, 2.24) is 10.3 Å². The number of carbonyl (C=O) groups is 1. The molecule has 3 aromatic carbocycles. The van der Waals surface area contributed by atoms with Gasteiger partial charge in [-0.1, -0.05) is 59.8 Å². The lowest BCUT2D eigenvalue weighted by Crippen LogP contribution is -2.31. The number of aryl methyl sites for hydroxylation is 2. The van der Waals surface area contributed by atoms with E-state index in [0.29, 0.717) is 10.7 Å². The summed E-state index contributed by atoms with van der Waals surface area (Å²) in [5.41, 5.74) is 5.32. The van der Waals surface area contributed by atoms with E-state index in [1.54, 1.807) is 11.8 Å². The van der Waals surface area contributed by atoms with Crippen molar-refractivity contribution in [2.45, 2.75) is 42.0 Å². The largest absolute Gasteiger partial charge is 0.350 e. The highest BCUT2D eigenvalue weighted by Gasteiger charge is 2.25. The molecule has 3 nitrogen and oxygen atoms in total. The standard InChI is InChI=1S/C26H23ClN2OS/c1-16-9-14-21-23(15-16)28-24(25(21)31-19-12-10-18(27)11-13-19)26(30)29-22-8-4-6-17-5-2-3-7-20(17)22/h2-3,5,7,9-15,22,28H,4,6,8H2,1H3,(H,29,30)/t22-/m0/s1. The first-order valence-corrected chi connectivity index (χ1v) is 11.7. The molecule has 1 aliphatic carbocycles. The number of carbonyl (C=O) groups excluding carboxylic acids is 1. The van der Waals surface area contributed by atoms with Gasteiger partial charge in [0.1, 0.15) is 5.69 Å². The van der Waals surface area contributed by atoms with Crippen LogP contribution in [0, 0.1) is 6.92 Å². The van der Waals surface area contributed by atoms with Crippen LogP contribution in [-0.2, 0) is 6.42 Å². The molecule has 1 aromatic heterocycles. The van der Waals surface area contributed by atoms with Crippen LogP contribution in [0.25, 0.3) is 10.9 Å². The van der Waals surface area contributed by atoms with Crippen LogP contribution < -0.4 is 5.32 Å². The van der Waals surface area contributed by atoms with E-state index in [1.165, 1.54) is 11.1 Å². The summed E-state index contributed by atoms with van der Waals surface area (Å²) >= 11 is 7.65. The summed E-state index contributed by atoms with van der Waals surface area (Å²) in [7, 11) is 0. The van der Waals surface area contributed by atoms with Crippen molar-refractivity contribution in [2.75, 3.05) is 0 Å². The Morgan fingerprint density at radius 1 is 1.10 bits per heavy atom. The monoisotopic (exact) mass is 446 g/mol. The van der Waals surface area contributed by atoms with Gasteiger partial charge in [0.05, 0.1) is 10.9 Å². The van der Waals surface area contributed by atoms with Crippen molar-refractivity contribution in [3.63, 3.8) is 0 Å². The number of fused-ring (bicyclic) bond motifs is 2. The minimum absolute atomic E-state index is 0.0407. The van der Waals surface area contributed by atoms with Gasteiger partial charge in [-0.25, -0.2) is 0 Å². The lowest BCUT2D eigenvalue weighted by molar-refractivity contribution is 0.0925. The van der Waals surface area contributed by atoms with E-state index in [9.17, 15) is 4.79 Å². The van der Waals surface area contributed by atoms with Gasteiger partial charge in [0.25, 0.3) is 5.91 Å². The molecule has 0 saturated heterocycles. The zero-order chi connectivity index (χ0) is 21.4. The molecule has 0 fully saturated rings. The predicted molar refractivity (Wildman–Crippen MR) is 128 cm³/mol.